The lowest BCUT2D eigenvalue weighted by molar-refractivity contribution is -0.384. The molecule has 0 N–H and O–H groups in total. The van der Waals surface area contributed by atoms with Crippen molar-refractivity contribution in [2.75, 3.05) is 36.8 Å². The van der Waals surface area contributed by atoms with Crippen molar-refractivity contribution >= 4 is 51.1 Å². The van der Waals surface area contributed by atoms with Crippen molar-refractivity contribution in [2.45, 2.75) is 31.5 Å². The van der Waals surface area contributed by atoms with E-state index in [-0.39, 0.29) is 11.6 Å². The van der Waals surface area contributed by atoms with E-state index in [2.05, 4.69) is 63.0 Å². The lowest BCUT2D eigenvalue weighted by Gasteiger charge is -2.36. The molecule has 1 aliphatic heterocycles. The summed E-state index contributed by atoms with van der Waals surface area (Å²) >= 11 is 1.53. The predicted octanol–water partition coefficient (Wildman–Crippen LogP) is 5.47. The second kappa shape index (κ2) is 12.2. The molecule has 42 heavy (non-hydrogen) atoms. The van der Waals surface area contributed by atoms with Crippen LogP contribution in [0.4, 0.5) is 11.4 Å². The summed E-state index contributed by atoms with van der Waals surface area (Å²) in [7, 11) is 0. The fourth-order valence-corrected chi connectivity index (χ4v) is 6.17. The smallest absolute Gasteiger partial charge is 0.269 e. The van der Waals surface area contributed by atoms with Gasteiger partial charge in [-0.1, -0.05) is 59.8 Å². The summed E-state index contributed by atoms with van der Waals surface area (Å²) in [6.07, 6.45) is 1.19. The number of hydrogen-bond donors (Lipinski definition) is 0. The second-order valence-corrected chi connectivity index (χ2v) is 11.5. The summed E-state index contributed by atoms with van der Waals surface area (Å²) < 4.78 is 2.21. The van der Waals surface area contributed by atoms with Crippen molar-refractivity contribution in [3.63, 3.8) is 0 Å². The molecular formula is C31H31N7O3S. The number of hydrogen-bond acceptors (Lipinski definition) is 8. The van der Waals surface area contributed by atoms with E-state index in [1.165, 1.54) is 35.0 Å². The third kappa shape index (κ3) is 5.91. The highest BCUT2D eigenvalue weighted by Gasteiger charge is 2.22. The van der Waals surface area contributed by atoms with Crippen LogP contribution in [-0.2, 0) is 11.3 Å². The minimum absolute atomic E-state index is 0.0798. The molecule has 3 aromatic carbocycles. The fraction of sp³-hybridized carbons (Fsp3) is 0.290. The number of carbonyl (C=O) groups excluding carboxylic acids is 1. The van der Waals surface area contributed by atoms with Crippen molar-refractivity contribution < 1.29 is 9.72 Å². The van der Waals surface area contributed by atoms with Crippen molar-refractivity contribution in [1.29, 1.82) is 0 Å². The van der Waals surface area contributed by atoms with Gasteiger partial charge in [-0.2, -0.15) is 0 Å². The van der Waals surface area contributed by atoms with E-state index in [0.717, 1.165) is 39.9 Å². The summed E-state index contributed by atoms with van der Waals surface area (Å²) in [6, 6.07) is 23.3. The molecule has 1 fully saturated rings. The SMILES string of the molecule is Cc1cccc(Cn2c3ccccc3c3nnc(SCCCC(=O)N4CCN(c5ccc([N+](=O)[O-])cc5)CC4)nc32)c1. The fourth-order valence-electron chi connectivity index (χ4n) is 5.45. The van der Waals surface area contributed by atoms with E-state index in [4.69, 9.17) is 4.98 Å². The first-order chi connectivity index (χ1) is 20.5. The first kappa shape index (κ1) is 27.6. The molecule has 11 heteroatoms. The third-order valence-corrected chi connectivity index (χ3v) is 8.53. The maximum atomic E-state index is 12.9. The van der Waals surface area contributed by atoms with Crippen LogP contribution in [0.15, 0.2) is 78.0 Å². The van der Waals surface area contributed by atoms with Crippen LogP contribution in [0.2, 0.25) is 0 Å². The molecule has 214 valence electrons. The van der Waals surface area contributed by atoms with Gasteiger partial charge >= 0.3 is 0 Å². The molecule has 2 aromatic heterocycles. The summed E-state index contributed by atoms with van der Waals surface area (Å²) in [5, 5.41) is 21.5. The predicted molar refractivity (Wildman–Crippen MR) is 165 cm³/mol. The highest BCUT2D eigenvalue weighted by Crippen LogP contribution is 2.28. The van der Waals surface area contributed by atoms with Gasteiger partial charge in [0.15, 0.2) is 5.65 Å². The number of nitro benzene ring substituents is 1. The average Bonchev–Trinajstić information content (AvgIpc) is 3.32. The number of aryl methyl sites for hydroxylation is 1. The molecule has 0 atom stereocenters. The van der Waals surface area contributed by atoms with Crippen LogP contribution in [0, 0.1) is 17.0 Å². The number of non-ortho nitro benzene ring substituents is 1. The molecule has 0 spiro atoms. The van der Waals surface area contributed by atoms with Gasteiger partial charge in [0.25, 0.3) is 5.69 Å². The second-order valence-electron chi connectivity index (χ2n) is 10.5. The topological polar surface area (TPSA) is 110 Å². The number of nitro groups is 1. The van der Waals surface area contributed by atoms with Crippen LogP contribution in [0.5, 0.6) is 0 Å². The standard InChI is InChI=1S/C31H31N7O3S/c1-22-6-4-7-23(20-22)21-37-27-9-3-2-8-26(27)29-30(37)32-31(34-33-29)42-19-5-10-28(39)36-17-15-35(16-18-36)24-11-13-25(14-12-24)38(40)41/h2-4,6-9,11-14,20H,5,10,15-19,21H2,1H3. The number of fused-ring (bicyclic) bond motifs is 3. The van der Waals surface area contributed by atoms with Crippen LogP contribution >= 0.6 is 11.8 Å². The van der Waals surface area contributed by atoms with Gasteiger partial charge in [-0.05, 0) is 37.1 Å². The number of para-hydroxylation sites is 1. The largest absolute Gasteiger partial charge is 0.368 e. The molecule has 1 amide bonds. The van der Waals surface area contributed by atoms with Crippen LogP contribution in [0.1, 0.15) is 24.0 Å². The van der Waals surface area contributed by atoms with E-state index < -0.39 is 4.92 Å². The zero-order valence-corrected chi connectivity index (χ0v) is 24.2. The molecule has 5 aromatic rings. The van der Waals surface area contributed by atoms with E-state index >= 15 is 0 Å². The van der Waals surface area contributed by atoms with Crippen LogP contribution in [0.3, 0.4) is 0 Å². The summed E-state index contributed by atoms with van der Waals surface area (Å²) in [6.45, 7) is 5.47. The van der Waals surface area contributed by atoms with Gasteiger partial charge in [0.05, 0.1) is 10.4 Å². The van der Waals surface area contributed by atoms with E-state index in [9.17, 15) is 14.9 Å². The Hall–Kier alpha value is -4.51. The Balaban J connectivity index is 1.05. The third-order valence-electron chi connectivity index (χ3n) is 7.60. The molecule has 0 saturated carbocycles. The molecule has 1 aliphatic rings. The number of aromatic nitrogens is 4. The van der Waals surface area contributed by atoms with Gasteiger partial charge in [-0.25, -0.2) is 4.98 Å². The Bertz CT molecular complexity index is 1750. The molecular weight excluding hydrogens is 550 g/mol. The van der Waals surface area contributed by atoms with Crippen LogP contribution in [0.25, 0.3) is 22.1 Å². The number of rotatable bonds is 9. The summed E-state index contributed by atoms with van der Waals surface area (Å²) in [5.74, 6) is 0.867. The molecule has 0 bridgehead atoms. The Morgan fingerprint density at radius 2 is 1.76 bits per heavy atom. The van der Waals surface area contributed by atoms with E-state index in [1.54, 1.807) is 12.1 Å². The van der Waals surface area contributed by atoms with Crippen molar-refractivity contribution in [3.05, 3.63) is 94.0 Å². The monoisotopic (exact) mass is 581 g/mol. The number of carbonyl (C=O) groups is 1. The zero-order chi connectivity index (χ0) is 29.1. The lowest BCUT2D eigenvalue weighted by Crippen LogP contribution is -2.48. The molecule has 6 rings (SSSR count). The lowest BCUT2D eigenvalue weighted by atomic mass is 10.1. The van der Waals surface area contributed by atoms with Gasteiger partial charge in [0, 0.05) is 68.1 Å². The highest BCUT2D eigenvalue weighted by molar-refractivity contribution is 7.99. The number of piperazine rings is 1. The highest BCUT2D eigenvalue weighted by atomic mass is 32.2. The number of benzene rings is 3. The summed E-state index contributed by atoms with van der Waals surface area (Å²) in [5.41, 5.74) is 6.14. The Morgan fingerprint density at radius 1 is 0.976 bits per heavy atom. The quantitative estimate of drug-likeness (QED) is 0.0976. The molecule has 3 heterocycles. The van der Waals surface area contributed by atoms with Crippen molar-refractivity contribution in [2.24, 2.45) is 0 Å². The van der Waals surface area contributed by atoms with E-state index in [1.807, 2.05) is 17.0 Å². The van der Waals surface area contributed by atoms with Crippen molar-refractivity contribution in [3.8, 4) is 0 Å². The Labute approximate surface area is 247 Å². The first-order valence-corrected chi connectivity index (χ1v) is 15.0. The van der Waals surface area contributed by atoms with Crippen LogP contribution < -0.4 is 4.90 Å². The Kier molecular flexibility index (Phi) is 8.00. The molecule has 0 unspecified atom stereocenters. The molecule has 0 aliphatic carbocycles. The maximum Gasteiger partial charge on any atom is 0.269 e. The molecule has 0 radical (unpaired) electrons. The minimum atomic E-state index is -0.397. The van der Waals surface area contributed by atoms with Crippen LogP contribution in [-0.4, -0.2) is 67.4 Å². The number of thioether (sulfide) groups is 1. The van der Waals surface area contributed by atoms with Gasteiger partial charge in [-0.15, -0.1) is 10.2 Å². The normalized spacial score (nSPS) is 13.6. The van der Waals surface area contributed by atoms with Gasteiger partial charge in [0.2, 0.25) is 11.1 Å². The van der Waals surface area contributed by atoms with Gasteiger partial charge in [0.1, 0.15) is 5.52 Å². The zero-order valence-electron chi connectivity index (χ0n) is 23.3. The van der Waals surface area contributed by atoms with Gasteiger partial charge < -0.3 is 14.4 Å². The minimum Gasteiger partial charge on any atom is -0.368 e. The number of nitrogens with zero attached hydrogens (tertiary/aromatic N) is 7. The number of anilines is 1. The van der Waals surface area contributed by atoms with Crippen molar-refractivity contribution in [1.82, 2.24) is 24.6 Å². The van der Waals surface area contributed by atoms with E-state index in [0.29, 0.717) is 44.3 Å². The maximum absolute atomic E-state index is 12.9. The van der Waals surface area contributed by atoms with Gasteiger partial charge in [-0.3, -0.25) is 14.9 Å². The number of amides is 1. The first-order valence-electron chi connectivity index (χ1n) is 14.0. The molecule has 10 nitrogen and oxygen atoms in total. The Morgan fingerprint density at radius 3 is 2.52 bits per heavy atom. The molecule has 1 saturated heterocycles. The summed E-state index contributed by atoms with van der Waals surface area (Å²) in [4.78, 5) is 32.3. The average molecular weight is 582 g/mol.